The van der Waals surface area contributed by atoms with Gasteiger partial charge in [-0.1, -0.05) is 68.8 Å². The maximum absolute atomic E-state index is 14.5. The fraction of sp³-hybridized carbons (Fsp3) is 0.531. The van der Waals surface area contributed by atoms with Crippen LogP contribution in [0.3, 0.4) is 0 Å². The van der Waals surface area contributed by atoms with Gasteiger partial charge in [-0.2, -0.15) is 0 Å². The van der Waals surface area contributed by atoms with Crippen LogP contribution in [0.15, 0.2) is 48.5 Å². The molecule has 2 atom stereocenters. The Bertz CT molecular complexity index is 1130. The van der Waals surface area contributed by atoms with Gasteiger partial charge in [0.25, 0.3) is 5.91 Å². The van der Waals surface area contributed by atoms with Crippen molar-refractivity contribution in [3.05, 3.63) is 65.2 Å². The maximum atomic E-state index is 14.5. The van der Waals surface area contributed by atoms with Crippen molar-refractivity contribution in [3.8, 4) is 0 Å². The lowest BCUT2D eigenvalue weighted by molar-refractivity contribution is -0.148. The van der Waals surface area contributed by atoms with Crippen molar-refractivity contribution in [1.29, 1.82) is 0 Å². The zero-order chi connectivity index (χ0) is 29.5. The van der Waals surface area contributed by atoms with E-state index < -0.39 is 29.3 Å². The van der Waals surface area contributed by atoms with Crippen LogP contribution in [0.1, 0.15) is 91.0 Å². The van der Waals surface area contributed by atoms with Gasteiger partial charge in [0.15, 0.2) is 0 Å². The van der Waals surface area contributed by atoms with Gasteiger partial charge < -0.3 is 20.3 Å². The second kappa shape index (κ2) is 13.1. The molecule has 0 heterocycles. The van der Waals surface area contributed by atoms with Crippen LogP contribution in [0.25, 0.3) is 0 Å². The lowest BCUT2D eigenvalue weighted by Crippen LogP contribution is -2.59. The lowest BCUT2D eigenvalue weighted by atomic mass is 9.90. The molecule has 0 aromatic heterocycles. The topological polar surface area (TPSA) is 87.7 Å². The molecule has 0 aliphatic heterocycles. The third kappa shape index (κ3) is 9.12. The Kier molecular flexibility index (Phi) is 10.7. The van der Waals surface area contributed by atoms with Gasteiger partial charge >= 0.3 is 6.09 Å². The molecule has 0 aliphatic rings. The Labute approximate surface area is 234 Å². The summed E-state index contributed by atoms with van der Waals surface area (Å²) >= 11 is 0. The average Bonchev–Trinajstić information content (AvgIpc) is 2.82. The Morgan fingerprint density at radius 3 is 2.03 bits per heavy atom. The molecule has 7 heteroatoms. The number of anilines is 1. The number of carbonyl (C=O) groups excluding carboxylic acids is 3. The van der Waals surface area contributed by atoms with E-state index in [0.717, 1.165) is 11.1 Å². The number of hydrogen-bond acceptors (Lipinski definition) is 4. The largest absolute Gasteiger partial charge is 0.444 e. The van der Waals surface area contributed by atoms with Crippen molar-refractivity contribution >= 4 is 23.6 Å². The van der Waals surface area contributed by atoms with Crippen LogP contribution in [0, 0.1) is 19.8 Å². The molecule has 2 aromatic carbocycles. The van der Waals surface area contributed by atoms with Crippen LogP contribution in [0.5, 0.6) is 0 Å². The summed E-state index contributed by atoms with van der Waals surface area (Å²) in [4.78, 5) is 43.0. The van der Waals surface area contributed by atoms with Crippen LogP contribution in [-0.2, 0) is 14.3 Å². The minimum Gasteiger partial charge on any atom is -0.444 e. The first-order valence-electron chi connectivity index (χ1n) is 13.8. The standard InChI is InChI=1S/C32H47N3O4/c1-11-32(9,10)35(29(37)26(20-21(2)3)34-30(38)39-31(6,7)8)27(24-18-16-22(4)17-19-24)28(36)33-25-15-13-12-14-23(25)5/h12-19,21,26-27H,11,20H2,1-10H3,(H,33,36)(H,34,38). The monoisotopic (exact) mass is 537 g/mol. The minimum absolute atomic E-state index is 0.110. The van der Waals surface area contributed by atoms with Gasteiger partial charge in [0, 0.05) is 11.2 Å². The molecule has 0 radical (unpaired) electrons. The van der Waals surface area contributed by atoms with Gasteiger partial charge in [-0.05, 0) is 84.4 Å². The summed E-state index contributed by atoms with van der Waals surface area (Å²) in [6.45, 7) is 19.1. The van der Waals surface area contributed by atoms with Crippen LogP contribution in [0.4, 0.5) is 10.5 Å². The van der Waals surface area contributed by atoms with E-state index >= 15 is 0 Å². The zero-order valence-corrected chi connectivity index (χ0v) is 25.3. The van der Waals surface area contributed by atoms with E-state index in [-0.39, 0.29) is 17.7 Å². The van der Waals surface area contributed by atoms with E-state index in [1.54, 1.807) is 25.7 Å². The van der Waals surface area contributed by atoms with Gasteiger partial charge in [-0.25, -0.2) is 4.79 Å². The number of nitrogens with zero attached hydrogens (tertiary/aromatic N) is 1. The number of amides is 3. The highest BCUT2D eigenvalue weighted by molar-refractivity contribution is 5.99. The van der Waals surface area contributed by atoms with Gasteiger partial charge in [0.1, 0.15) is 17.7 Å². The fourth-order valence-electron chi connectivity index (χ4n) is 4.34. The van der Waals surface area contributed by atoms with Crippen LogP contribution in [-0.4, -0.2) is 40.0 Å². The Hall–Kier alpha value is -3.35. The van der Waals surface area contributed by atoms with Crippen molar-refractivity contribution in [3.63, 3.8) is 0 Å². The summed E-state index contributed by atoms with van der Waals surface area (Å²) in [5.41, 5.74) is 1.93. The second-order valence-electron chi connectivity index (χ2n) is 12.3. The van der Waals surface area contributed by atoms with Gasteiger partial charge in [-0.15, -0.1) is 0 Å². The second-order valence-corrected chi connectivity index (χ2v) is 12.3. The van der Waals surface area contributed by atoms with Crippen molar-refractivity contribution < 1.29 is 19.1 Å². The van der Waals surface area contributed by atoms with E-state index in [1.807, 2.05) is 97.0 Å². The van der Waals surface area contributed by atoms with Crippen molar-refractivity contribution in [2.75, 3.05) is 5.32 Å². The van der Waals surface area contributed by atoms with Crippen LogP contribution < -0.4 is 10.6 Å². The van der Waals surface area contributed by atoms with E-state index in [2.05, 4.69) is 10.6 Å². The predicted molar refractivity (Wildman–Crippen MR) is 158 cm³/mol. The van der Waals surface area contributed by atoms with E-state index in [1.165, 1.54) is 0 Å². The third-order valence-corrected chi connectivity index (χ3v) is 6.75. The first-order chi connectivity index (χ1) is 18.1. The van der Waals surface area contributed by atoms with Crippen molar-refractivity contribution in [1.82, 2.24) is 10.2 Å². The van der Waals surface area contributed by atoms with E-state index in [0.29, 0.717) is 24.1 Å². The molecular weight excluding hydrogens is 490 g/mol. The summed E-state index contributed by atoms with van der Waals surface area (Å²) in [7, 11) is 0. The summed E-state index contributed by atoms with van der Waals surface area (Å²) in [5, 5.41) is 5.87. The predicted octanol–water partition coefficient (Wildman–Crippen LogP) is 6.94. The van der Waals surface area contributed by atoms with Crippen LogP contribution in [0.2, 0.25) is 0 Å². The molecule has 0 saturated carbocycles. The maximum Gasteiger partial charge on any atom is 0.408 e. The Balaban J connectivity index is 2.64. The first-order valence-corrected chi connectivity index (χ1v) is 13.8. The number of hydrogen-bond donors (Lipinski definition) is 2. The fourth-order valence-corrected chi connectivity index (χ4v) is 4.34. The minimum atomic E-state index is -0.928. The first kappa shape index (κ1) is 31.9. The molecule has 2 unspecified atom stereocenters. The Morgan fingerprint density at radius 1 is 0.923 bits per heavy atom. The molecule has 3 amide bonds. The summed E-state index contributed by atoms with van der Waals surface area (Å²) in [6, 6.07) is 13.4. The highest BCUT2D eigenvalue weighted by Crippen LogP contribution is 2.34. The number of carbonyl (C=O) groups is 3. The van der Waals surface area contributed by atoms with Crippen molar-refractivity contribution in [2.24, 2.45) is 5.92 Å². The molecule has 2 rings (SSSR count). The van der Waals surface area contributed by atoms with Gasteiger partial charge in [0.2, 0.25) is 5.91 Å². The molecule has 214 valence electrons. The van der Waals surface area contributed by atoms with Crippen molar-refractivity contribution in [2.45, 2.75) is 105 Å². The summed E-state index contributed by atoms with van der Waals surface area (Å²) in [6.07, 6.45) is 0.334. The van der Waals surface area contributed by atoms with E-state index in [4.69, 9.17) is 4.74 Å². The SMILES string of the molecule is CCC(C)(C)N(C(=O)C(CC(C)C)NC(=O)OC(C)(C)C)C(C(=O)Nc1ccccc1C)c1ccc(C)cc1. The van der Waals surface area contributed by atoms with Gasteiger partial charge in [-0.3, -0.25) is 9.59 Å². The molecule has 7 nitrogen and oxygen atoms in total. The zero-order valence-electron chi connectivity index (χ0n) is 25.3. The number of benzene rings is 2. The lowest BCUT2D eigenvalue weighted by Gasteiger charge is -2.45. The van der Waals surface area contributed by atoms with Gasteiger partial charge in [0.05, 0.1) is 0 Å². The third-order valence-electron chi connectivity index (χ3n) is 6.75. The molecule has 39 heavy (non-hydrogen) atoms. The van der Waals surface area contributed by atoms with E-state index in [9.17, 15) is 14.4 Å². The van der Waals surface area contributed by atoms with Crippen LogP contribution >= 0.6 is 0 Å². The molecule has 0 aliphatic carbocycles. The summed E-state index contributed by atoms with van der Waals surface area (Å²) in [5.74, 6) is -0.533. The smallest absolute Gasteiger partial charge is 0.408 e. The molecule has 0 saturated heterocycles. The number of nitrogens with one attached hydrogen (secondary N) is 2. The normalized spacial score (nSPS) is 13.4. The molecule has 2 aromatic rings. The number of alkyl carbamates (subject to hydrolysis) is 1. The average molecular weight is 538 g/mol. The highest BCUT2D eigenvalue weighted by atomic mass is 16.6. The molecule has 2 N–H and O–H groups in total. The quantitative estimate of drug-likeness (QED) is 0.344. The molecule has 0 spiro atoms. The number of para-hydroxylation sites is 1. The molecule has 0 fully saturated rings. The number of aryl methyl sites for hydroxylation is 2. The highest BCUT2D eigenvalue weighted by Gasteiger charge is 2.43. The number of ether oxygens (including phenoxy) is 1. The summed E-state index contributed by atoms with van der Waals surface area (Å²) < 4.78 is 5.49. The Morgan fingerprint density at radius 2 is 1.51 bits per heavy atom. The molecular formula is C32H47N3O4. The number of rotatable bonds is 10. The molecule has 0 bridgehead atoms.